The third-order valence-corrected chi connectivity index (χ3v) is 3.96. The molecule has 7 nitrogen and oxygen atoms in total. The van der Waals surface area contributed by atoms with Crippen LogP contribution >= 0.6 is 0 Å². The van der Waals surface area contributed by atoms with E-state index in [0.717, 1.165) is 22.3 Å². The van der Waals surface area contributed by atoms with E-state index in [9.17, 15) is 4.79 Å². The minimum atomic E-state index is -0.384. The Balaban J connectivity index is 1.68. The van der Waals surface area contributed by atoms with Crippen LogP contribution in [0.3, 0.4) is 0 Å². The molecule has 0 aliphatic rings. The number of amides is 1. The summed E-state index contributed by atoms with van der Waals surface area (Å²) in [6.45, 7) is 3.99. The number of methoxy groups -OCH3 is 2. The highest BCUT2D eigenvalue weighted by atomic mass is 16.5. The smallest absolute Gasteiger partial charge is 0.322 e. The van der Waals surface area contributed by atoms with Crippen LogP contribution in [-0.4, -0.2) is 30.3 Å². The van der Waals surface area contributed by atoms with Gasteiger partial charge in [-0.15, -0.1) is 5.10 Å². The van der Waals surface area contributed by atoms with Gasteiger partial charge >= 0.3 is 6.01 Å². The Morgan fingerprint density at radius 1 is 1.00 bits per heavy atom. The number of hydrogen-bond donors (Lipinski definition) is 1. The molecule has 7 heteroatoms. The van der Waals surface area contributed by atoms with Crippen LogP contribution in [0, 0.1) is 13.8 Å². The molecular formula is C21H21N3O4. The Bertz CT molecular complexity index is 1000. The quantitative estimate of drug-likeness (QED) is 0.651. The molecule has 2 aromatic carbocycles. The normalized spacial score (nSPS) is 10.9. The number of ether oxygens (including phenoxy) is 2. The van der Waals surface area contributed by atoms with Crippen molar-refractivity contribution in [2.75, 3.05) is 19.5 Å². The van der Waals surface area contributed by atoms with E-state index in [1.165, 1.54) is 6.08 Å². The van der Waals surface area contributed by atoms with Gasteiger partial charge in [0.1, 0.15) is 0 Å². The summed E-state index contributed by atoms with van der Waals surface area (Å²) in [6.07, 6.45) is 3.03. The molecule has 0 fully saturated rings. The lowest BCUT2D eigenvalue weighted by molar-refractivity contribution is -0.112. The molecular weight excluding hydrogens is 358 g/mol. The second-order valence-corrected chi connectivity index (χ2v) is 6.23. The molecule has 0 spiro atoms. The van der Waals surface area contributed by atoms with E-state index in [1.807, 2.05) is 32.0 Å². The first-order chi connectivity index (χ1) is 13.5. The van der Waals surface area contributed by atoms with Gasteiger partial charge in [0.15, 0.2) is 11.5 Å². The Kier molecular flexibility index (Phi) is 5.74. The Hall–Kier alpha value is -3.61. The van der Waals surface area contributed by atoms with Crippen molar-refractivity contribution >= 4 is 18.0 Å². The number of hydrogen-bond acceptors (Lipinski definition) is 6. The number of nitrogens with one attached hydrogen (secondary N) is 1. The lowest BCUT2D eigenvalue weighted by atomic mass is 10.1. The Labute approximate surface area is 163 Å². The standard InChI is InChI=1S/C21H21N3O4/c1-13-9-14(2)11-16(10-13)20-23-24-21(28-20)22-19(25)8-6-15-5-7-17(26-3)18(12-15)27-4/h5-12H,1-4H3,(H,22,24,25). The minimum absolute atomic E-state index is 0.0381. The van der Waals surface area contributed by atoms with E-state index >= 15 is 0 Å². The number of benzene rings is 2. The van der Waals surface area contributed by atoms with Crippen molar-refractivity contribution in [2.24, 2.45) is 0 Å². The third-order valence-electron chi connectivity index (χ3n) is 3.96. The van der Waals surface area contributed by atoms with Crippen molar-refractivity contribution < 1.29 is 18.7 Å². The molecule has 0 bridgehead atoms. The van der Waals surface area contributed by atoms with Crippen molar-refractivity contribution in [3.63, 3.8) is 0 Å². The molecule has 0 saturated heterocycles. The average Bonchev–Trinajstić information content (AvgIpc) is 3.13. The van der Waals surface area contributed by atoms with Crippen molar-refractivity contribution in [3.8, 4) is 23.0 Å². The average molecular weight is 379 g/mol. The predicted molar refractivity (Wildman–Crippen MR) is 106 cm³/mol. The fourth-order valence-corrected chi connectivity index (χ4v) is 2.76. The highest BCUT2D eigenvalue weighted by Crippen LogP contribution is 2.28. The molecule has 0 radical (unpaired) electrons. The van der Waals surface area contributed by atoms with Crippen LogP contribution in [0.4, 0.5) is 6.01 Å². The summed E-state index contributed by atoms with van der Waals surface area (Å²) in [6, 6.07) is 11.3. The molecule has 1 amide bonds. The summed E-state index contributed by atoms with van der Waals surface area (Å²) in [5.74, 6) is 1.17. The summed E-state index contributed by atoms with van der Waals surface area (Å²) in [7, 11) is 3.12. The molecule has 0 aliphatic carbocycles. The van der Waals surface area contributed by atoms with E-state index in [-0.39, 0.29) is 11.9 Å². The number of nitrogens with zero attached hydrogens (tertiary/aromatic N) is 2. The van der Waals surface area contributed by atoms with Gasteiger partial charge in [-0.3, -0.25) is 10.1 Å². The van der Waals surface area contributed by atoms with Crippen molar-refractivity contribution in [1.82, 2.24) is 10.2 Å². The highest BCUT2D eigenvalue weighted by Gasteiger charge is 2.11. The van der Waals surface area contributed by atoms with Crippen molar-refractivity contribution in [2.45, 2.75) is 13.8 Å². The van der Waals surface area contributed by atoms with E-state index < -0.39 is 0 Å². The number of aryl methyl sites for hydroxylation is 2. The van der Waals surface area contributed by atoms with Gasteiger partial charge in [0.05, 0.1) is 14.2 Å². The number of carbonyl (C=O) groups is 1. The van der Waals surface area contributed by atoms with Gasteiger partial charge in [0.25, 0.3) is 5.91 Å². The first-order valence-corrected chi connectivity index (χ1v) is 8.62. The van der Waals surface area contributed by atoms with Gasteiger partial charge in [-0.25, -0.2) is 0 Å². The summed E-state index contributed by atoms with van der Waals surface area (Å²) < 4.78 is 16.0. The maximum absolute atomic E-state index is 12.1. The number of rotatable bonds is 6. The third kappa shape index (κ3) is 4.56. The monoisotopic (exact) mass is 379 g/mol. The molecule has 1 aromatic heterocycles. The van der Waals surface area contributed by atoms with Crippen LogP contribution in [0.2, 0.25) is 0 Å². The molecule has 0 atom stereocenters. The molecule has 0 unspecified atom stereocenters. The Morgan fingerprint density at radius 3 is 2.39 bits per heavy atom. The lowest BCUT2D eigenvalue weighted by Gasteiger charge is -2.07. The molecule has 0 aliphatic heterocycles. The minimum Gasteiger partial charge on any atom is -0.493 e. The zero-order chi connectivity index (χ0) is 20.1. The van der Waals surface area contributed by atoms with Gasteiger partial charge in [-0.1, -0.05) is 28.4 Å². The SMILES string of the molecule is COc1ccc(C=CC(=O)Nc2nnc(-c3cc(C)cc(C)c3)o2)cc1OC. The molecule has 1 heterocycles. The predicted octanol–water partition coefficient (Wildman–Crippen LogP) is 4.02. The number of anilines is 1. The molecule has 3 aromatic rings. The zero-order valence-corrected chi connectivity index (χ0v) is 16.1. The maximum atomic E-state index is 12.1. The van der Waals surface area contributed by atoms with Gasteiger partial charge in [-0.2, -0.15) is 0 Å². The van der Waals surface area contributed by atoms with Crippen LogP contribution in [0.25, 0.3) is 17.5 Å². The highest BCUT2D eigenvalue weighted by molar-refractivity contribution is 6.00. The first-order valence-electron chi connectivity index (χ1n) is 8.62. The van der Waals surface area contributed by atoms with Crippen LogP contribution in [0.15, 0.2) is 46.9 Å². The summed E-state index contributed by atoms with van der Waals surface area (Å²) in [4.78, 5) is 12.1. The second kappa shape index (κ2) is 8.39. The largest absolute Gasteiger partial charge is 0.493 e. The van der Waals surface area contributed by atoms with Gasteiger partial charge in [0, 0.05) is 11.6 Å². The van der Waals surface area contributed by atoms with E-state index in [2.05, 4.69) is 21.6 Å². The molecule has 3 rings (SSSR count). The zero-order valence-electron chi connectivity index (χ0n) is 16.1. The van der Waals surface area contributed by atoms with Crippen LogP contribution in [0.1, 0.15) is 16.7 Å². The Morgan fingerprint density at radius 2 is 1.71 bits per heavy atom. The van der Waals surface area contributed by atoms with Crippen LogP contribution < -0.4 is 14.8 Å². The molecule has 1 N–H and O–H groups in total. The van der Waals surface area contributed by atoms with E-state index in [0.29, 0.717) is 17.4 Å². The topological polar surface area (TPSA) is 86.5 Å². The molecule has 28 heavy (non-hydrogen) atoms. The number of aromatic nitrogens is 2. The first kappa shape index (κ1) is 19.2. The fraction of sp³-hybridized carbons (Fsp3) is 0.190. The van der Waals surface area contributed by atoms with Crippen LogP contribution in [-0.2, 0) is 4.79 Å². The number of carbonyl (C=O) groups excluding carboxylic acids is 1. The summed E-state index contributed by atoms with van der Waals surface area (Å²) in [5, 5.41) is 10.4. The lowest BCUT2D eigenvalue weighted by Crippen LogP contribution is -2.07. The van der Waals surface area contributed by atoms with Crippen molar-refractivity contribution in [3.05, 3.63) is 59.2 Å². The van der Waals surface area contributed by atoms with E-state index in [1.54, 1.807) is 32.4 Å². The van der Waals surface area contributed by atoms with Gasteiger partial charge in [0.2, 0.25) is 5.89 Å². The fourth-order valence-electron chi connectivity index (χ4n) is 2.76. The van der Waals surface area contributed by atoms with E-state index in [4.69, 9.17) is 13.9 Å². The van der Waals surface area contributed by atoms with Gasteiger partial charge < -0.3 is 13.9 Å². The second-order valence-electron chi connectivity index (χ2n) is 6.23. The summed E-state index contributed by atoms with van der Waals surface area (Å²) in [5.41, 5.74) is 3.79. The summed E-state index contributed by atoms with van der Waals surface area (Å²) >= 11 is 0. The molecule has 144 valence electrons. The van der Waals surface area contributed by atoms with Crippen LogP contribution in [0.5, 0.6) is 11.5 Å². The van der Waals surface area contributed by atoms with Gasteiger partial charge in [-0.05, 0) is 49.8 Å². The molecule has 0 saturated carbocycles. The van der Waals surface area contributed by atoms with Crippen molar-refractivity contribution in [1.29, 1.82) is 0 Å². The maximum Gasteiger partial charge on any atom is 0.322 e.